The minimum Gasteiger partial charge on any atom is -0.481 e. The first-order valence-corrected chi connectivity index (χ1v) is 13.7. The predicted octanol–water partition coefficient (Wildman–Crippen LogP) is 3.69. The van der Waals surface area contributed by atoms with Crippen molar-refractivity contribution in [2.24, 2.45) is 0 Å². The van der Waals surface area contributed by atoms with Gasteiger partial charge in [-0.25, -0.2) is 4.79 Å². The van der Waals surface area contributed by atoms with Crippen molar-refractivity contribution in [3.8, 4) is 0 Å². The number of aliphatic hydroxyl groups is 1. The summed E-state index contributed by atoms with van der Waals surface area (Å²) in [7, 11) is 0. The molecule has 0 unspecified atom stereocenters. The summed E-state index contributed by atoms with van der Waals surface area (Å²) in [6.45, 7) is 11.1. The molecule has 0 amide bonds. The second-order valence-corrected chi connectivity index (χ2v) is 12.2. The van der Waals surface area contributed by atoms with Crippen LogP contribution in [0.25, 0.3) is 10.9 Å². The maximum atomic E-state index is 10.3. The number of nitrogens with zero attached hydrogens (tertiary/aromatic N) is 3. The number of aromatic nitrogens is 2. The number of carboxylic acid groups (broad SMARTS) is 3. The summed E-state index contributed by atoms with van der Waals surface area (Å²) in [5, 5.41) is 38.8. The Hall–Kier alpha value is -3.93. The molecule has 1 aliphatic rings. The molecular formula is C31H40N4O7. The van der Waals surface area contributed by atoms with Gasteiger partial charge in [0.25, 0.3) is 0 Å². The number of benzene rings is 1. The second kappa shape index (κ2) is 13.4. The van der Waals surface area contributed by atoms with E-state index in [1.54, 1.807) is 0 Å². The molecule has 0 saturated carbocycles. The molecule has 4 rings (SSSR count). The summed E-state index contributed by atoms with van der Waals surface area (Å²) in [4.78, 5) is 41.9. The monoisotopic (exact) mass is 580 g/mol. The summed E-state index contributed by atoms with van der Waals surface area (Å²) in [6.07, 6.45) is 5.67. The van der Waals surface area contributed by atoms with Gasteiger partial charge in [0.1, 0.15) is 0 Å². The molecule has 226 valence electrons. The van der Waals surface area contributed by atoms with Crippen LogP contribution in [0.15, 0.2) is 61.1 Å². The van der Waals surface area contributed by atoms with Crippen molar-refractivity contribution in [3.63, 3.8) is 0 Å². The zero-order chi connectivity index (χ0) is 31.1. The summed E-state index contributed by atoms with van der Waals surface area (Å²) < 4.78 is 0. The van der Waals surface area contributed by atoms with Crippen LogP contribution >= 0.6 is 0 Å². The summed E-state index contributed by atoms with van der Waals surface area (Å²) in [6, 6.07) is 15.5. The fourth-order valence-electron chi connectivity index (χ4n) is 5.74. The topological polar surface area (TPSA) is 173 Å². The maximum Gasteiger partial charge on any atom is 0.336 e. The van der Waals surface area contributed by atoms with Crippen LogP contribution in [0, 0.1) is 0 Å². The number of pyridine rings is 2. The molecule has 0 aliphatic carbocycles. The molecule has 1 saturated heterocycles. The first kappa shape index (κ1) is 32.6. The molecule has 1 aromatic carbocycles. The van der Waals surface area contributed by atoms with Crippen LogP contribution < -0.4 is 5.32 Å². The van der Waals surface area contributed by atoms with E-state index in [9.17, 15) is 14.4 Å². The zero-order valence-corrected chi connectivity index (χ0v) is 24.4. The first-order chi connectivity index (χ1) is 19.6. The lowest BCUT2D eigenvalue weighted by atomic mass is 9.79. The van der Waals surface area contributed by atoms with Gasteiger partial charge in [0.15, 0.2) is 5.60 Å². The molecule has 0 atom stereocenters. The van der Waals surface area contributed by atoms with Gasteiger partial charge in [-0.2, -0.15) is 0 Å². The van der Waals surface area contributed by atoms with Crippen LogP contribution in [0.5, 0.6) is 0 Å². The third-order valence-corrected chi connectivity index (χ3v) is 7.13. The Kier molecular flexibility index (Phi) is 10.4. The standard InChI is InChI=1S/C25H32N4.C6H8O7/c1-24(2)14-22(15-25(3,4)28-24)29(18-20-7-5-11-26-16-20)17-19-9-10-23-21(13-19)8-6-12-27-23;7-3(8)1-6(13,5(11)12)2-4(9)10/h5-13,16,22,28H,14-15,17-18H2,1-4H3;13H,1-2H2,(H,7,8)(H,9,10)(H,11,12). The van der Waals surface area contributed by atoms with Crippen molar-refractivity contribution in [2.75, 3.05) is 0 Å². The Labute approximate surface area is 245 Å². The molecule has 3 heterocycles. The number of piperidine rings is 1. The SMILES string of the molecule is CC1(C)CC(N(Cc2cccnc2)Cc2ccc3ncccc3c2)CC(C)(C)N1.O=C(O)CC(O)(CC(=O)O)C(=O)O. The zero-order valence-electron chi connectivity index (χ0n) is 24.4. The van der Waals surface area contributed by atoms with E-state index in [4.69, 9.17) is 20.4 Å². The van der Waals surface area contributed by atoms with Crippen LogP contribution in [-0.2, 0) is 27.5 Å². The van der Waals surface area contributed by atoms with Gasteiger partial charge in [-0.15, -0.1) is 0 Å². The number of fused-ring (bicyclic) bond motifs is 1. The number of carbonyl (C=O) groups is 3. The molecule has 11 nitrogen and oxygen atoms in total. The smallest absolute Gasteiger partial charge is 0.336 e. The number of rotatable bonds is 10. The van der Waals surface area contributed by atoms with Crippen LogP contribution in [-0.4, -0.2) is 75.9 Å². The van der Waals surface area contributed by atoms with E-state index in [0.717, 1.165) is 31.4 Å². The number of nitrogens with one attached hydrogen (secondary N) is 1. The minimum atomic E-state index is -2.74. The first-order valence-electron chi connectivity index (χ1n) is 13.7. The summed E-state index contributed by atoms with van der Waals surface area (Å²) in [5.41, 5.74) is 1.16. The lowest BCUT2D eigenvalue weighted by molar-refractivity contribution is -0.170. The third-order valence-electron chi connectivity index (χ3n) is 7.13. The molecule has 11 heteroatoms. The van der Waals surface area contributed by atoms with E-state index < -0.39 is 36.4 Å². The average Bonchev–Trinajstić information content (AvgIpc) is 2.86. The minimum absolute atomic E-state index is 0.118. The fourth-order valence-corrected chi connectivity index (χ4v) is 5.74. The van der Waals surface area contributed by atoms with Crippen LogP contribution in [0.4, 0.5) is 0 Å². The van der Waals surface area contributed by atoms with Crippen molar-refractivity contribution >= 4 is 28.8 Å². The highest BCUT2D eigenvalue weighted by molar-refractivity contribution is 5.88. The number of hydrogen-bond donors (Lipinski definition) is 5. The van der Waals surface area contributed by atoms with Gasteiger partial charge in [-0.05, 0) is 75.9 Å². The van der Waals surface area contributed by atoms with E-state index >= 15 is 0 Å². The van der Waals surface area contributed by atoms with Gasteiger partial charge < -0.3 is 25.7 Å². The Balaban J connectivity index is 0.000000316. The third kappa shape index (κ3) is 9.57. The van der Waals surface area contributed by atoms with E-state index in [0.29, 0.717) is 6.04 Å². The average molecular weight is 581 g/mol. The van der Waals surface area contributed by atoms with E-state index in [2.05, 4.69) is 78.2 Å². The lowest BCUT2D eigenvalue weighted by Crippen LogP contribution is -2.62. The molecule has 0 bridgehead atoms. The van der Waals surface area contributed by atoms with Gasteiger partial charge in [0.2, 0.25) is 0 Å². The second-order valence-electron chi connectivity index (χ2n) is 12.2. The highest BCUT2D eigenvalue weighted by atomic mass is 16.4. The Morgan fingerprint density at radius 1 is 0.905 bits per heavy atom. The molecular weight excluding hydrogens is 540 g/mol. The van der Waals surface area contributed by atoms with Crippen LogP contribution in [0.2, 0.25) is 0 Å². The quantitative estimate of drug-likeness (QED) is 0.237. The van der Waals surface area contributed by atoms with Gasteiger partial charge in [-0.1, -0.05) is 18.2 Å². The van der Waals surface area contributed by atoms with Gasteiger partial charge >= 0.3 is 17.9 Å². The van der Waals surface area contributed by atoms with E-state index in [-0.39, 0.29) is 11.1 Å². The van der Waals surface area contributed by atoms with E-state index in [1.807, 2.05) is 30.7 Å². The van der Waals surface area contributed by atoms with E-state index in [1.165, 1.54) is 16.5 Å². The highest BCUT2D eigenvalue weighted by Gasteiger charge is 2.41. The Morgan fingerprint density at radius 2 is 1.50 bits per heavy atom. The molecule has 5 N–H and O–H groups in total. The molecule has 2 aromatic heterocycles. The molecule has 0 spiro atoms. The van der Waals surface area contributed by atoms with Gasteiger partial charge in [0, 0.05) is 54.2 Å². The summed E-state index contributed by atoms with van der Waals surface area (Å²) in [5.74, 6) is -5.02. The number of hydrogen-bond acceptors (Lipinski definition) is 8. The van der Waals surface area contributed by atoms with Crippen LogP contribution in [0.3, 0.4) is 0 Å². The van der Waals surface area contributed by atoms with Crippen molar-refractivity contribution in [2.45, 2.75) is 89.2 Å². The number of aliphatic carboxylic acids is 3. The predicted molar refractivity (Wildman–Crippen MR) is 157 cm³/mol. The molecule has 42 heavy (non-hydrogen) atoms. The van der Waals surface area contributed by atoms with Crippen molar-refractivity contribution in [1.82, 2.24) is 20.2 Å². The highest BCUT2D eigenvalue weighted by Crippen LogP contribution is 2.33. The van der Waals surface area contributed by atoms with Crippen molar-refractivity contribution < 1.29 is 34.8 Å². The fraction of sp³-hybridized carbons (Fsp3) is 0.452. The molecule has 1 aliphatic heterocycles. The lowest BCUT2D eigenvalue weighted by Gasteiger charge is -2.49. The van der Waals surface area contributed by atoms with Crippen LogP contribution in [0.1, 0.15) is 64.5 Å². The maximum absolute atomic E-state index is 10.3. The van der Waals surface area contributed by atoms with Gasteiger partial charge in [-0.3, -0.25) is 24.5 Å². The van der Waals surface area contributed by atoms with Crippen molar-refractivity contribution in [1.29, 1.82) is 0 Å². The van der Waals surface area contributed by atoms with Crippen molar-refractivity contribution in [3.05, 3.63) is 72.2 Å². The molecule has 3 aromatic rings. The Bertz CT molecular complexity index is 1360. The summed E-state index contributed by atoms with van der Waals surface area (Å²) >= 11 is 0. The molecule has 0 radical (unpaired) electrons. The normalized spacial score (nSPS) is 16.4. The number of carboxylic acids is 3. The molecule has 1 fully saturated rings. The largest absolute Gasteiger partial charge is 0.481 e. The van der Waals surface area contributed by atoms with Gasteiger partial charge in [0.05, 0.1) is 18.4 Å². The Morgan fingerprint density at radius 3 is 2.05 bits per heavy atom.